The molecule has 0 radical (unpaired) electrons. The van der Waals surface area contributed by atoms with Crippen molar-refractivity contribution in [2.75, 3.05) is 6.54 Å². The summed E-state index contributed by atoms with van der Waals surface area (Å²) < 4.78 is 0.783. The second-order valence-electron chi connectivity index (χ2n) is 4.76. The van der Waals surface area contributed by atoms with Crippen LogP contribution in [0.5, 0.6) is 0 Å². The molecule has 2 atom stereocenters. The number of rotatable bonds is 2. The van der Waals surface area contributed by atoms with E-state index in [1.807, 2.05) is 6.92 Å². The van der Waals surface area contributed by atoms with Gasteiger partial charge in [-0.15, -0.1) is 0 Å². The maximum atomic E-state index is 12.4. The number of carbonyl (C=O) groups excluding carboxylic acids is 1. The minimum Gasteiger partial charge on any atom is -0.480 e. The number of aliphatic carboxylic acids is 1. The number of hydrogen-bond acceptors (Lipinski definition) is 3. The van der Waals surface area contributed by atoms with Crippen LogP contribution in [0.3, 0.4) is 0 Å². The van der Waals surface area contributed by atoms with Crippen molar-refractivity contribution in [1.29, 1.82) is 0 Å². The zero-order chi connectivity index (χ0) is 14.0. The first-order chi connectivity index (χ1) is 9.00. The fraction of sp³-hybridized carbons (Fsp3) is 0.462. The van der Waals surface area contributed by atoms with Gasteiger partial charge in [-0.05, 0) is 46.8 Å². The van der Waals surface area contributed by atoms with Crippen LogP contribution in [0.15, 0.2) is 22.8 Å². The molecule has 2 unspecified atom stereocenters. The quantitative estimate of drug-likeness (QED) is 0.904. The van der Waals surface area contributed by atoms with E-state index in [0.29, 0.717) is 6.54 Å². The van der Waals surface area contributed by atoms with E-state index in [0.717, 1.165) is 17.3 Å². The topological polar surface area (TPSA) is 70.5 Å². The Labute approximate surface area is 119 Å². The Hall–Kier alpha value is -1.43. The van der Waals surface area contributed by atoms with Crippen LogP contribution in [0.4, 0.5) is 0 Å². The predicted molar refractivity (Wildman–Crippen MR) is 72.8 cm³/mol. The van der Waals surface area contributed by atoms with E-state index in [1.165, 1.54) is 11.1 Å². The Morgan fingerprint density at radius 3 is 2.79 bits per heavy atom. The number of halogens is 1. The van der Waals surface area contributed by atoms with Crippen molar-refractivity contribution in [3.05, 3.63) is 28.5 Å². The van der Waals surface area contributed by atoms with Gasteiger partial charge in [0.05, 0.1) is 0 Å². The number of hydrogen-bond donors (Lipinski definition) is 1. The molecule has 0 aliphatic carbocycles. The lowest BCUT2D eigenvalue weighted by atomic mass is 9.90. The van der Waals surface area contributed by atoms with Gasteiger partial charge < -0.3 is 10.0 Å². The molecule has 19 heavy (non-hydrogen) atoms. The standard InChI is InChI=1S/C13H15BrN2O3/c1-8-3-2-6-16(11(8)13(18)19)12(17)10-5-4-9(14)7-15-10/h4-5,7-8,11H,2-3,6H2,1H3,(H,18,19). The summed E-state index contributed by atoms with van der Waals surface area (Å²) in [6.07, 6.45) is 3.19. The summed E-state index contributed by atoms with van der Waals surface area (Å²) in [6.45, 7) is 2.34. The van der Waals surface area contributed by atoms with Gasteiger partial charge in [0.2, 0.25) is 0 Å². The second-order valence-corrected chi connectivity index (χ2v) is 5.68. The van der Waals surface area contributed by atoms with Gasteiger partial charge in [0, 0.05) is 17.2 Å². The average molecular weight is 327 g/mol. The SMILES string of the molecule is CC1CCCN(C(=O)c2ccc(Br)cn2)C1C(=O)O. The number of pyridine rings is 1. The van der Waals surface area contributed by atoms with Crippen molar-refractivity contribution in [3.8, 4) is 0 Å². The Balaban J connectivity index is 2.25. The van der Waals surface area contributed by atoms with E-state index in [4.69, 9.17) is 0 Å². The van der Waals surface area contributed by atoms with Gasteiger partial charge in [-0.3, -0.25) is 4.79 Å². The van der Waals surface area contributed by atoms with Crippen LogP contribution in [-0.2, 0) is 4.79 Å². The van der Waals surface area contributed by atoms with Crippen molar-refractivity contribution < 1.29 is 14.7 Å². The average Bonchev–Trinajstić information content (AvgIpc) is 2.38. The summed E-state index contributed by atoms with van der Waals surface area (Å²) in [7, 11) is 0. The zero-order valence-corrected chi connectivity index (χ0v) is 12.1. The molecule has 1 saturated heterocycles. The van der Waals surface area contributed by atoms with Gasteiger partial charge in [-0.1, -0.05) is 6.92 Å². The first-order valence-electron chi connectivity index (χ1n) is 6.16. The molecule has 0 aromatic carbocycles. The number of carboxylic acids is 1. The van der Waals surface area contributed by atoms with Gasteiger partial charge in [-0.2, -0.15) is 0 Å². The highest BCUT2D eigenvalue weighted by molar-refractivity contribution is 9.10. The van der Waals surface area contributed by atoms with Gasteiger partial charge in [0.25, 0.3) is 5.91 Å². The number of amides is 1. The highest BCUT2D eigenvalue weighted by atomic mass is 79.9. The molecular weight excluding hydrogens is 312 g/mol. The maximum absolute atomic E-state index is 12.4. The molecule has 5 nitrogen and oxygen atoms in total. The number of nitrogens with zero attached hydrogens (tertiary/aromatic N) is 2. The highest BCUT2D eigenvalue weighted by Crippen LogP contribution is 2.25. The van der Waals surface area contributed by atoms with Crippen molar-refractivity contribution >= 4 is 27.8 Å². The van der Waals surface area contributed by atoms with E-state index in [9.17, 15) is 14.7 Å². The lowest BCUT2D eigenvalue weighted by molar-refractivity contribution is -0.145. The molecule has 0 spiro atoms. The smallest absolute Gasteiger partial charge is 0.326 e. The molecule has 1 amide bonds. The van der Waals surface area contributed by atoms with Crippen molar-refractivity contribution in [1.82, 2.24) is 9.88 Å². The normalized spacial score (nSPS) is 23.2. The van der Waals surface area contributed by atoms with Crippen LogP contribution in [0.25, 0.3) is 0 Å². The molecule has 102 valence electrons. The van der Waals surface area contributed by atoms with E-state index < -0.39 is 12.0 Å². The molecule has 2 heterocycles. The fourth-order valence-electron chi connectivity index (χ4n) is 2.44. The molecule has 2 rings (SSSR count). The maximum Gasteiger partial charge on any atom is 0.326 e. The molecule has 1 aliphatic heterocycles. The molecule has 1 N–H and O–H groups in total. The molecule has 1 aliphatic rings. The third-order valence-electron chi connectivity index (χ3n) is 3.39. The minimum atomic E-state index is -0.947. The molecule has 0 bridgehead atoms. The summed E-state index contributed by atoms with van der Waals surface area (Å²) in [4.78, 5) is 29.2. The number of piperidine rings is 1. The van der Waals surface area contributed by atoms with E-state index in [1.54, 1.807) is 12.1 Å². The first-order valence-corrected chi connectivity index (χ1v) is 6.95. The van der Waals surface area contributed by atoms with Gasteiger partial charge >= 0.3 is 5.97 Å². The lowest BCUT2D eigenvalue weighted by Crippen LogP contribution is -2.52. The fourth-order valence-corrected chi connectivity index (χ4v) is 2.68. The van der Waals surface area contributed by atoms with Crippen LogP contribution < -0.4 is 0 Å². The van der Waals surface area contributed by atoms with Crippen molar-refractivity contribution in [2.45, 2.75) is 25.8 Å². The summed E-state index contributed by atoms with van der Waals surface area (Å²) in [5.74, 6) is -1.30. The summed E-state index contributed by atoms with van der Waals surface area (Å²) in [6, 6.07) is 2.57. The molecule has 1 aromatic rings. The molecular formula is C13H15BrN2O3. The Kier molecular flexibility index (Phi) is 4.19. The number of carboxylic acid groups (broad SMARTS) is 1. The number of carbonyl (C=O) groups is 2. The van der Waals surface area contributed by atoms with Crippen LogP contribution in [-0.4, -0.2) is 39.5 Å². The number of likely N-dealkylation sites (tertiary alicyclic amines) is 1. The summed E-state index contributed by atoms with van der Waals surface area (Å²) >= 11 is 3.25. The molecule has 6 heteroatoms. The minimum absolute atomic E-state index is 0.0364. The number of aromatic nitrogens is 1. The largest absolute Gasteiger partial charge is 0.480 e. The van der Waals surface area contributed by atoms with Crippen molar-refractivity contribution in [3.63, 3.8) is 0 Å². The lowest BCUT2D eigenvalue weighted by Gasteiger charge is -2.37. The van der Waals surface area contributed by atoms with Crippen LogP contribution in [0, 0.1) is 5.92 Å². The van der Waals surface area contributed by atoms with Gasteiger partial charge in [0.15, 0.2) is 0 Å². The van der Waals surface area contributed by atoms with Crippen LogP contribution >= 0.6 is 15.9 Å². The van der Waals surface area contributed by atoms with Gasteiger partial charge in [0.1, 0.15) is 11.7 Å². The Bertz CT molecular complexity index is 489. The van der Waals surface area contributed by atoms with E-state index in [2.05, 4.69) is 20.9 Å². The van der Waals surface area contributed by atoms with E-state index >= 15 is 0 Å². The molecule has 0 saturated carbocycles. The third-order valence-corrected chi connectivity index (χ3v) is 3.86. The predicted octanol–water partition coefficient (Wildman–Crippen LogP) is 2.17. The zero-order valence-electron chi connectivity index (χ0n) is 10.5. The first kappa shape index (κ1) is 14.0. The summed E-state index contributed by atoms with van der Waals surface area (Å²) in [5, 5.41) is 9.30. The van der Waals surface area contributed by atoms with E-state index in [-0.39, 0.29) is 17.5 Å². The third kappa shape index (κ3) is 2.94. The molecule has 1 fully saturated rings. The monoisotopic (exact) mass is 326 g/mol. The Morgan fingerprint density at radius 2 is 2.21 bits per heavy atom. The Morgan fingerprint density at radius 1 is 1.47 bits per heavy atom. The van der Waals surface area contributed by atoms with Crippen LogP contribution in [0.1, 0.15) is 30.3 Å². The second kappa shape index (κ2) is 5.69. The van der Waals surface area contributed by atoms with Crippen molar-refractivity contribution in [2.24, 2.45) is 5.92 Å². The van der Waals surface area contributed by atoms with Gasteiger partial charge in [-0.25, -0.2) is 9.78 Å². The molecule has 1 aromatic heterocycles. The summed E-state index contributed by atoms with van der Waals surface area (Å²) in [5.41, 5.74) is 0.281. The highest BCUT2D eigenvalue weighted by Gasteiger charge is 2.37. The van der Waals surface area contributed by atoms with Crippen LogP contribution in [0.2, 0.25) is 0 Å².